The number of rotatable bonds is 6. The van der Waals surface area contributed by atoms with Crippen LogP contribution in [0.25, 0.3) is 27.6 Å². The molecule has 0 spiro atoms. The molecule has 7 heteroatoms. The van der Waals surface area contributed by atoms with E-state index >= 15 is 0 Å². The van der Waals surface area contributed by atoms with Crippen molar-refractivity contribution in [1.29, 1.82) is 0 Å². The summed E-state index contributed by atoms with van der Waals surface area (Å²) in [5.41, 5.74) is 8.54. The molecule has 4 heterocycles. The van der Waals surface area contributed by atoms with Crippen LogP contribution in [0.1, 0.15) is 57.2 Å². The Morgan fingerprint density at radius 2 is 1.50 bits per heavy atom. The van der Waals surface area contributed by atoms with E-state index in [2.05, 4.69) is 148 Å². The Kier molecular flexibility index (Phi) is 8.78. The molecule has 0 bridgehead atoms. The first-order valence-electron chi connectivity index (χ1n) is 16.8. The zero-order valence-corrected chi connectivity index (χ0v) is 31.3. The van der Waals surface area contributed by atoms with Gasteiger partial charge in [0.2, 0.25) is 0 Å². The molecule has 4 aromatic carbocycles. The van der Waals surface area contributed by atoms with Crippen molar-refractivity contribution in [3.8, 4) is 17.3 Å². The van der Waals surface area contributed by atoms with Crippen LogP contribution in [0.15, 0.2) is 109 Å². The molecular weight excluding hydrogens is 798 g/mol. The van der Waals surface area contributed by atoms with E-state index in [1.54, 1.807) is 0 Å². The van der Waals surface area contributed by atoms with Crippen LogP contribution in [0.5, 0.6) is 11.5 Å². The van der Waals surface area contributed by atoms with Gasteiger partial charge in [-0.15, -0.1) is 48.1 Å². The van der Waals surface area contributed by atoms with Gasteiger partial charge in [0.15, 0.2) is 0 Å². The van der Waals surface area contributed by atoms with Crippen LogP contribution < -0.4 is 14.5 Å². The van der Waals surface area contributed by atoms with E-state index in [-0.39, 0.29) is 26.5 Å². The van der Waals surface area contributed by atoms with Crippen molar-refractivity contribution in [3.05, 3.63) is 145 Å². The van der Waals surface area contributed by atoms with Crippen molar-refractivity contribution >= 4 is 44.7 Å². The normalized spacial score (nSPS) is 12.9. The van der Waals surface area contributed by atoms with Crippen molar-refractivity contribution in [3.63, 3.8) is 0 Å². The summed E-state index contributed by atoms with van der Waals surface area (Å²) < 4.78 is 8.68. The van der Waals surface area contributed by atoms with Crippen LogP contribution in [0.3, 0.4) is 0 Å². The van der Waals surface area contributed by atoms with Gasteiger partial charge in [-0.3, -0.25) is 0 Å². The van der Waals surface area contributed by atoms with Crippen molar-refractivity contribution < 1.29 is 25.8 Å². The smallest absolute Gasteiger partial charge is 0.135 e. The number of ether oxygens (including phenoxy) is 1. The molecule has 3 aromatic heterocycles. The molecule has 0 fully saturated rings. The van der Waals surface area contributed by atoms with Gasteiger partial charge in [0.1, 0.15) is 11.6 Å². The molecule has 1 aliphatic heterocycles. The van der Waals surface area contributed by atoms with Crippen molar-refractivity contribution in [2.75, 3.05) is 9.80 Å². The van der Waals surface area contributed by atoms with Gasteiger partial charge >= 0.3 is 0 Å². The number of aryl methyl sites for hydroxylation is 1. The van der Waals surface area contributed by atoms with Crippen molar-refractivity contribution in [1.82, 2.24) is 14.5 Å². The van der Waals surface area contributed by atoms with E-state index in [0.29, 0.717) is 17.4 Å². The molecule has 0 saturated carbocycles. The minimum absolute atomic E-state index is 0. The van der Waals surface area contributed by atoms with Gasteiger partial charge in [0.25, 0.3) is 0 Å². The molecule has 0 unspecified atom stereocenters. The SMILES string of the molecule is Cc1cc(C(C)C)cnc1N1[CH-]N(c2[c-]c(Oc3[c-]c4c(cc3)c3ccccc3n4-c3cc(C(C)(C)C)ccn3)ccc2)c2ccccc21.[Pt]. The van der Waals surface area contributed by atoms with Gasteiger partial charge < -0.3 is 19.1 Å². The largest absolute Gasteiger partial charge is 0.509 e. The Morgan fingerprint density at radius 3 is 2.26 bits per heavy atom. The summed E-state index contributed by atoms with van der Waals surface area (Å²) in [6, 6.07) is 40.4. The van der Waals surface area contributed by atoms with Crippen LogP contribution in [-0.2, 0) is 26.5 Å². The zero-order valence-electron chi connectivity index (χ0n) is 29.0. The maximum atomic E-state index is 6.49. The van der Waals surface area contributed by atoms with Crippen LogP contribution in [0, 0.1) is 25.7 Å². The maximum Gasteiger partial charge on any atom is 0.135 e. The Balaban J connectivity index is 0.00000392. The number of nitrogens with zero attached hydrogens (tertiary/aromatic N) is 5. The van der Waals surface area contributed by atoms with Gasteiger partial charge in [-0.1, -0.05) is 76.5 Å². The average molecular weight is 836 g/mol. The zero-order chi connectivity index (χ0) is 33.9. The van der Waals surface area contributed by atoms with E-state index < -0.39 is 0 Å². The number of aromatic nitrogens is 3. The second kappa shape index (κ2) is 13.1. The standard InChI is InChI=1S/C43H38N5O.Pt/c1-28(2)30-22-29(3)42(45-26-30)47-27-46(38-16-9-10-17-39(38)47)32-12-11-13-33(24-32)49-34-18-19-36-35-14-7-8-15-37(35)48(40(36)25-34)41-23-31(20-21-44-41)43(4,5)6;/h7-23,26-28H,1-6H3;/q-3;. The molecule has 6 nitrogen and oxygen atoms in total. The molecule has 0 aliphatic carbocycles. The molecule has 0 amide bonds. The monoisotopic (exact) mass is 835 g/mol. The molecule has 1 aliphatic rings. The van der Waals surface area contributed by atoms with Crippen molar-refractivity contribution in [2.24, 2.45) is 0 Å². The molecule has 0 atom stereocenters. The summed E-state index contributed by atoms with van der Waals surface area (Å²) in [7, 11) is 0. The molecule has 7 aromatic rings. The minimum Gasteiger partial charge on any atom is -0.509 e. The third-order valence-corrected chi connectivity index (χ3v) is 9.23. The Hall–Kier alpha value is -4.93. The van der Waals surface area contributed by atoms with Crippen LogP contribution in [0.2, 0.25) is 0 Å². The first kappa shape index (κ1) is 33.6. The third kappa shape index (κ3) is 5.96. The fourth-order valence-corrected chi connectivity index (χ4v) is 6.56. The molecule has 0 saturated heterocycles. The average Bonchev–Trinajstić information content (AvgIpc) is 3.64. The first-order chi connectivity index (χ1) is 23.7. The summed E-state index contributed by atoms with van der Waals surface area (Å²) >= 11 is 0. The fraction of sp³-hybridized carbons (Fsp3) is 0.186. The number of pyridine rings is 2. The van der Waals surface area contributed by atoms with Crippen LogP contribution >= 0.6 is 0 Å². The molecule has 50 heavy (non-hydrogen) atoms. The Bertz CT molecular complexity index is 2350. The second-order valence-corrected chi connectivity index (χ2v) is 14.0. The van der Waals surface area contributed by atoms with Gasteiger partial charge in [-0.2, -0.15) is 12.1 Å². The number of para-hydroxylation sites is 3. The molecule has 0 radical (unpaired) electrons. The molecule has 254 valence electrons. The Labute approximate surface area is 308 Å². The first-order valence-corrected chi connectivity index (χ1v) is 16.8. The van der Waals surface area contributed by atoms with E-state index in [1.807, 2.05) is 36.7 Å². The molecule has 0 N–H and O–H groups in total. The van der Waals surface area contributed by atoms with E-state index in [4.69, 9.17) is 14.7 Å². The second-order valence-electron chi connectivity index (χ2n) is 14.0. The maximum absolute atomic E-state index is 6.49. The summed E-state index contributed by atoms with van der Waals surface area (Å²) in [4.78, 5) is 14.0. The summed E-state index contributed by atoms with van der Waals surface area (Å²) in [6.45, 7) is 15.3. The van der Waals surface area contributed by atoms with Gasteiger partial charge in [-0.05, 0) is 70.7 Å². The summed E-state index contributed by atoms with van der Waals surface area (Å²) in [6.07, 6.45) is 3.88. The van der Waals surface area contributed by atoms with Gasteiger partial charge in [0.05, 0.1) is 0 Å². The van der Waals surface area contributed by atoms with Gasteiger partial charge in [-0.25, -0.2) is 9.97 Å². The Morgan fingerprint density at radius 1 is 0.760 bits per heavy atom. The van der Waals surface area contributed by atoms with Crippen LogP contribution in [0.4, 0.5) is 22.9 Å². The number of hydrogen-bond donors (Lipinski definition) is 0. The van der Waals surface area contributed by atoms with Crippen LogP contribution in [-0.4, -0.2) is 14.5 Å². The predicted molar refractivity (Wildman–Crippen MR) is 200 cm³/mol. The quantitative estimate of drug-likeness (QED) is 0.156. The molecular formula is C43H38N5OPt-3. The number of hydrogen-bond acceptors (Lipinski definition) is 5. The van der Waals surface area contributed by atoms with E-state index in [1.165, 1.54) is 11.1 Å². The molecule has 8 rings (SSSR count). The van der Waals surface area contributed by atoms with E-state index in [9.17, 15) is 0 Å². The predicted octanol–water partition coefficient (Wildman–Crippen LogP) is 11.1. The summed E-state index contributed by atoms with van der Waals surface area (Å²) in [5, 5.41) is 2.24. The third-order valence-electron chi connectivity index (χ3n) is 9.23. The van der Waals surface area contributed by atoms with E-state index in [0.717, 1.165) is 56.1 Å². The number of fused-ring (bicyclic) bond motifs is 4. The summed E-state index contributed by atoms with van der Waals surface area (Å²) in [5.74, 6) is 3.39. The topological polar surface area (TPSA) is 46.4 Å². The minimum atomic E-state index is -0.00662. The number of anilines is 4. The van der Waals surface area contributed by atoms with Gasteiger partial charge in [0, 0.05) is 61.8 Å². The fourth-order valence-electron chi connectivity index (χ4n) is 6.56. The number of benzene rings is 4. The van der Waals surface area contributed by atoms with Crippen molar-refractivity contribution in [2.45, 2.75) is 52.9 Å².